The lowest BCUT2D eigenvalue weighted by Gasteiger charge is -2.28. The zero-order valence-corrected chi connectivity index (χ0v) is 20.1. The standard InChI is InChI=1S/C26H26N4O8/c27-21-5-1-2-6-22(21)30(23(32)12-26(37,25(35)36)13-24(33)34)20-9-7-18(8-10-20)15-29(17-31)38-16-19-4-3-11-28-14-19/h1-11,14,17,37H,12-13,15-16,27H2,(H,33,34)(H,35,36). The van der Waals surface area contributed by atoms with Gasteiger partial charge in [0, 0.05) is 18.1 Å². The molecule has 0 fully saturated rings. The van der Waals surface area contributed by atoms with Gasteiger partial charge in [0.1, 0.15) is 6.61 Å². The Hall–Kier alpha value is -4.81. The third-order valence-corrected chi connectivity index (χ3v) is 5.48. The minimum Gasteiger partial charge on any atom is -0.481 e. The van der Waals surface area contributed by atoms with E-state index in [1.807, 2.05) is 0 Å². The molecule has 0 saturated heterocycles. The molecule has 38 heavy (non-hydrogen) atoms. The van der Waals surface area contributed by atoms with Crippen molar-refractivity contribution in [3.05, 3.63) is 84.2 Å². The van der Waals surface area contributed by atoms with Gasteiger partial charge in [-0.15, -0.1) is 0 Å². The van der Waals surface area contributed by atoms with Crippen LogP contribution in [0.3, 0.4) is 0 Å². The van der Waals surface area contributed by atoms with E-state index in [1.54, 1.807) is 60.9 Å². The molecule has 2 aromatic carbocycles. The number of nitrogens with zero attached hydrogens (tertiary/aromatic N) is 3. The summed E-state index contributed by atoms with van der Waals surface area (Å²) in [5, 5.41) is 30.0. The number of carbonyl (C=O) groups is 4. The van der Waals surface area contributed by atoms with Crippen LogP contribution in [0.4, 0.5) is 17.1 Å². The molecule has 12 nitrogen and oxygen atoms in total. The summed E-state index contributed by atoms with van der Waals surface area (Å²) in [5.41, 5.74) is 5.32. The number of aliphatic carboxylic acids is 2. The third kappa shape index (κ3) is 7.12. The molecular weight excluding hydrogens is 496 g/mol. The molecule has 1 heterocycles. The van der Waals surface area contributed by atoms with E-state index in [2.05, 4.69) is 4.98 Å². The average Bonchev–Trinajstić information content (AvgIpc) is 2.88. The maximum Gasteiger partial charge on any atom is 0.336 e. The molecule has 3 rings (SSSR count). The predicted molar refractivity (Wildman–Crippen MR) is 135 cm³/mol. The molecule has 1 aromatic heterocycles. The van der Waals surface area contributed by atoms with Gasteiger partial charge in [-0.25, -0.2) is 9.86 Å². The largest absolute Gasteiger partial charge is 0.481 e. The number of hydrogen-bond donors (Lipinski definition) is 4. The van der Waals surface area contributed by atoms with E-state index in [9.17, 15) is 29.4 Å². The summed E-state index contributed by atoms with van der Waals surface area (Å²) in [6.07, 6.45) is 1.56. The van der Waals surface area contributed by atoms with Crippen LogP contribution in [0.5, 0.6) is 0 Å². The summed E-state index contributed by atoms with van der Waals surface area (Å²) in [6, 6.07) is 16.2. The second-order valence-corrected chi connectivity index (χ2v) is 8.35. The minimum absolute atomic E-state index is 0.0862. The Bertz CT molecular complexity index is 1290. The number of carboxylic acids is 2. The highest BCUT2D eigenvalue weighted by Crippen LogP contribution is 2.33. The van der Waals surface area contributed by atoms with Crippen LogP contribution in [-0.2, 0) is 37.2 Å². The Morgan fingerprint density at radius 1 is 0.974 bits per heavy atom. The van der Waals surface area contributed by atoms with Crippen molar-refractivity contribution in [1.82, 2.24) is 10.0 Å². The number of pyridine rings is 1. The molecule has 0 spiro atoms. The zero-order chi connectivity index (χ0) is 27.7. The molecule has 0 saturated carbocycles. The summed E-state index contributed by atoms with van der Waals surface area (Å²) < 4.78 is 0. The molecule has 1 atom stereocenters. The Balaban J connectivity index is 1.84. The number of carbonyl (C=O) groups excluding carboxylic acids is 2. The minimum atomic E-state index is -2.83. The molecule has 0 radical (unpaired) electrons. The van der Waals surface area contributed by atoms with Crippen molar-refractivity contribution in [1.29, 1.82) is 0 Å². The molecule has 0 aliphatic carbocycles. The topological polar surface area (TPSA) is 184 Å². The highest BCUT2D eigenvalue weighted by Gasteiger charge is 2.42. The Morgan fingerprint density at radius 3 is 2.26 bits per heavy atom. The SMILES string of the molecule is Nc1ccccc1N(C(=O)CC(O)(CC(=O)O)C(=O)O)c1ccc(CN(C=O)OCc2cccnc2)cc1. The van der Waals surface area contributed by atoms with E-state index >= 15 is 0 Å². The van der Waals surface area contributed by atoms with Crippen LogP contribution in [0.1, 0.15) is 24.0 Å². The summed E-state index contributed by atoms with van der Waals surface area (Å²) in [6.45, 7) is 0.214. The molecule has 3 aromatic rings. The summed E-state index contributed by atoms with van der Waals surface area (Å²) in [7, 11) is 0. The second-order valence-electron chi connectivity index (χ2n) is 8.35. The highest BCUT2D eigenvalue weighted by molar-refractivity contribution is 6.05. The molecule has 0 bridgehead atoms. The number of nitrogens with two attached hydrogens (primary N) is 1. The van der Waals surface area contributed by atoms with Crippen molar-refractivity contribution in [2.45, 2.75) is 31.6 Å². The smallest absolute Gasteiger partial charge is 0.336 e. The maximum absolute atomic E-state index is 13.3. The fourth-order valence-corrected chi connectivity index (χ4v) is 3.59. The monoisotopic (exact) mass is 522 g/mol. The zero-order valence-electron chi connectivity index (χ0n) is 20.1. The van der Waals surface area contributed by atoms with Crippen LogP contribution in [-0.4, -0.2) is 55.2 Å². The van der Waals surface area contributed by atoms with Gasteiger partial charge in [-0.3, -0.25) is 29.1 Å². The molecule has 5 N–H and O–H groups in total. The Labute approximate surface area is 217 Å². The van der Waals surface area contributed by atoms with Gasteiger partial charge in [0.2, 0.25) is 12.3 Å². The van der Waals surface area contributed by atoms with E-state index in [-0.39, 0.29) is 30.2 Å². The Morgan fingerprint density at radius 2 is 1.68 bits per heavy atom. The number of hydrogen-bond acceptors (Lipinski definition) is 8. The number of para-hydroxylation sites is 2. The fraction of sp³-hybridized carbons (Fsp3) is 0.192. The van der Waals surface area contributed by atoms with Gasteiger partial charge >= 0.3 is 11.9 Å². The van der Waals surface area contributed by atoms with Crippen molar-refractivity contribution >= 4 is 41.3 Å². The molecule has 2 amide bonds. The molecule has 0 aliphatic rings. The van der Waals surface area contributed by atoms with Gasteiger partial charge in [-0.1, -0.05) is 30.3 Å². The van der Waals surface area contributed by atoms with Crippen LogP contribution < -0.4 is 10.6 Å². The number of anilines is 3. The van der Waals surface area contributed by atoms with Gasteiger partial charge in [0.15, 0.2) is 5.60 Å². The predicted octanol–water partition coefficient (Wildman–Crippen LogP) is 2.10. The maximum atomic E-state index is 13.3. The molecular formula is C26H26N4O8. The normalized spacial score (nSPS) is 12.2. The molecule has 198 valence electrons. The summed E-state index contributed by atoms with van der Waals surface area (Å²) in [4.78, 5) is 58.1. The number of rotatable bonds is 13. The van der Waals surface area contributed by atoms with Gasteiger partial charge in [0.25, 0.3) is 0 Å². The van der Waals surface area contributed by atoms with Crippen LogP contribution in [0, 0.1) is 0 Å². The quantitative estimate of drug-likeness (QED) is 0.147. The number of aromatic nitrogens is 1. The average molecular weight is 523 g/mol. The number of hydroxylamine groups is 2. The lowest BCUT2D eigenvalue weighted by Crippen LogP contribution is -2.45. The number of amides is 2. The van der Waals surface area contributed by atoms with Gasteiger partial charge in [-0.2, -0.15) is 0 Å². The van der Waals surface area contributed by atoms with Crippen LogP contribution >= 0.6 is 0 Å². The second kappa shape index (κ2) is 12.4. The number of nitrogen functional groups attached to an aromatic ring is 1. The van der Waals surface area contributed by atoms with Crippen molar-refractivity contribution in [2.75, 3.05) is 10.6 Å². The first-order valence-electron chi connectivity index (χ1n) is 11.3. The first kappa shape index (κ1) is 27.8. The van der Waals surface area contributed by atoms with Gasteiger partial charge in [-0.05, 0) is 41.5 Å². The van der Waals surface area contributed by atoms with E-state index in [4.69, 9.17) is 15.7 Å². The van der Waals surface area contributed by atoms with Gasteiger partial charge < -0.3 is 21.1 Å². The van der Waals surface area contributed by atoms with E-state index in [1.165, 1.54) is 12.1 Å². The molecule has 1 unspecified atom stereocenters. The van der Waals surface area contributed by atoms with Crippen molar-refractivity contribution < 1.29 is 39.3 Å². The van der Waals surface area contributed by atoms with Crippen molar-refractivity contribution in [3.63, 3.8) is 0 Å². The number of aliphatic hydroxyl groups is 1. The number of benzene rings is 2. The van der Waals surface area contributed by atoms with E-state index in [0.29, 0.717) is 12.0 Å². The Kier molecular flexibility index (Phi) is 9.09. The third-order valence-electron chi connectivity index (χ3n) is 5.48. The summed E-state index contributed by atoms with van der Waals surface area (Å²) in [5.74, 6) is -4.32. The lowest BCUT2D eigenvalue weighted by atomic mass is 9.94. The van der Waals surface area contributed by atoms with Crippen molar-refractivity contribution in [3.8, 4) is 0 Å². The van der Waals surface area contributed by atoms with Crippen LogP contribution in [0.25, 0.3) is 0 Å². The molecule has 12 heteroatoms. The van der Waals surface area contributed by atoms with Gasteiger partial charge in [0.05, 0.1) is 30.8 Å². The molecule has 0 aliphatic heterocycles. The van der Waals surface area contributed by atoms with E-state index in [0.717, 1.165) is 15.5 Å². The first-order valence-corrected chi connectivity index (χ1v) is 11.3. The fourth-order valence-electron chi connectivity index (χ4n) is 3.59. The first-order chi connectivity index (χ1) is 18.1. The summed E-state index contributed by atoms with van der Waals surface area (Å²) >= 11 is 0. The van der Waals surface area contributed by atoms with E-state index < -0.39 is 36.3 Å². The lowest BCUT2D eigenvalue weighted by molar-refractivity contribution is -0.181. The number of carboxylic acid groups (broad SMARTS) is 2. The van der Waals surface area contributed by atoms with Crippen molar-refractivity contribution in [2.24, 2.45) is 0 Å². The van der Waals surface area contributed by atoms with Crippen LogP contribution in [0.15, 0.2) is 73.1 Å². The van der Waals surface area contributed by atoms with Crippen LogP contribution in [0.2, 0.25) is 0 Å². The highest BCUT2D eigenvalue weighted by atomic mass is 16.7.